The van der Waals surface area contributed by atoms with Crippen LogP contribution < -0.4 is 5.73 Å². The number of benzene rings is 2. The quantitative estimate of drug-likeness (QED) is 0.588. The Labute approximate surface area is 164 Å². The monoisotopic (exact) mass is 378 g/mol. The molecule has 3 atom stereocenters. The van der Waals surface area contributed by atoms with Crippen LogP contribution in [0, 0.1) is 11.8 Å². The molecule has 3 aromatic rings. The summed E-state index contributed by atoms with van der Waals surface area (Å²) in [7, 11) is 0. The maximum atomic E-state index is 11.5. The fourth-order valence-corrected chi connectivity index (χ4v) is 5.36. The van der Waals surface area contributed by atoms with Crippen LogP contribution in [0.2, 0.25) is 0 Å². The van der Waals surface area contributed by atoms with E-state index < -0.39 is 0 Å². The van der Waals surface area contributed by atoms with Gasteiger partial charge in [0.25, 0.3) is 0 Å². The average molecular weight is 379 g/mol. The van der Waals surface area contributed by atoms with Gasteiger partial charge >= 0.3 is 0 Å². The van der Waals surface area contributed by atoms with Crippen LogP contribution in [0.1, 0.15) is 50.0 Å². The minimum Gasteiger partial charge on any atom is -0.369 e. The number of aromatic nitrogens is 1. The Hall–Kier alpha value is -2.20. The number of rotatable bonds is 4. The molecule has 1 fully saturated rings. The second kappa shape index (κ2) is 7.81. The molecule has 0 aliphatic heterocycles. The zero-order valence-corrected chi connectivity index (χ0v) is 16.5. The summed E-state index contributed by atoms with van der Waals surface area (Å²) in [5.41, 5.74) is 7.81. The molecular formula is C23H26N2OS. The Kier molecular flexibility index (Phi) is 5.26. The molecule has 3 unspecified atom stereocenters. The van der Waals surface area contributed by atoms with E-state index >= 15 is 0 Å². The van der Waals surface area contributed by atoms with Crippen molar-refractivity contribution in [1.29, 1.82) is 0 Å². The standard InChI is InChI=1S/C23H26N2OS/c1-15(16-7-4-9-18(13-12-16)22(24)26)23-25-21(14-27-23)20-11-5-8-17-6-2-3-10-19(17)20/h2-3,5-6,8,10-11,14-16,18H,4,7,9,12-13H2,1H3,(H2,24,26). The summed E-state index contributed by atoms with van der Waals surface area (Å²) in [4.78, 5) is 16.6. The molecule has 0 bridgehead atoms. The van der Waals surface area contributed by atoms with Gasteiger partial charge in [-0.3, -0.25) is 4.79 Å². The van der Waals surface area contributed by atoms with Gasteiger partial charge in [0.1, 0.15) is 0 Å². The van der Waals surface area contributed by atoms with E-state index in [2.05, 4.69) is 54.8 Å². The van der Waals surface area contributed by atoms with Gasteiger partial charge < -0.3 is 5.73 Å². The Bertz CT molecular complexity index is 943. The topological polar surface area (TPSA) is 56.0 Å². The van der Waals surface area contributed by atoms with Gasteiger partial charge in [-0.15, -0.1) is 11.3 Å². The molecule has 0 spiro atoms. The van der Waals surface area contributed by atoms with Crippen LogP contribution in [0.3, 0.4) is 0 Å². The third-order valence-corrected chi connectivity index (χ3v) is 7.15. The normalized spacial score (nSPS) is 21.7. The summed E-state index contributed by atoms with van der Waals surface area (Å²) in [6.07, 6.45) is 5.18. The van der Waals surface area contributed by atoms with Crippen molar-refractivity contribution in [2.75, 3.05) is 0 Å². The summed E-state index contributed by atoms with van der Waals surface area (Å²) in [5.74, 6) is 0.937. The van der Waals surface area contributed by atoms with Crippen LogP contribution in [-0.4, -0.2) is 10.9 Å². The van der Waals surface area contributed by atoms with E-state index in [1.54, 1.807) is 11.3 Å². The SMILES string of the molecule is CC(c1nc(-c2cccc3ccccc23)cs1)C1CCCC(C(N)=O)CC1. The van der Waals surface area contributed by atoms with Crippen LogP contribution >= 0.6 is 11.3 Å². The Morgan fingerprint density at radius 3 is 2.78 bits per heavy atom. The van der Waals surface area contributed by atoms with Crippen molar-refractivity contribution in [3.63, 3.8) is 0 Å². The van der Waals surface area contributed by atoms with Crippen molar-refractivity contribution < 1.29 is 4.79 Å². The summed E-state index contributed by atoms with van der Waals surface area (Å²) in [5, 5.41) is 5.90. The molecule has 4 heteroatoms. The highest BCUT2D eigenvalue weighted by Gasteiger charge is 2.27. The average Bonchev–Trinajstić information content (AvgIpc) is 3.04. The first kappa shape index (κ1) is 18.2. The maximum absolute atomic E-state index is 11.5. The molecule has 1 aliphatic rings. The minimum atomic E-state index is -0.129. The smallest absolute Gasteiger partial charge is 0.220 e. The fraction of sp³-hybridized carbons (Fsp3) is 0.391. The summed E-state index contributed by atoms with van der Waals surface area (Å²) in [6.45, 7) is 2.29. The Morgan fingerprint density at radius 2 is 1.93 bits per heavy atom. The van der Waals surface area contributed by atoms with E-state index in [9.17, 15) is 4.79 Å². The van der Waals surface area contributed by atoms with Crippen LogP contribution in [0.4, 0.5) is 0 Å². The van der Waals surface area contributed by atoms with E-state index in [4.69, 9.17) is 10.7 Å². The Balaban J connectivity index is 1.56. The highest BCUT2D eigenvalue weighted by atomic mass is 32.1. The number of primary amides is 1. The van der Waals surface area contributed by atoms with Gasteiger partial charge in [-0.05, 0) is 42.4 Å². The molecule has 140 valence electrons. The molecule has 1 saturated carbocycles. The number of carbonyl (C=O) groups excluding carboxylic acids is 1. The Morgan fingerprint density at radius 1 is 1.11 bits per heavy atom. The van der Waals surface area contributed by atoms with Crippen LogP contribution in [0.15, 0.2) is 47.8 Å². The molecule has 1 aliphatic carbocycles. The number of nitrogens with zero attached hydrogens (tertiary/aromatic N) is 1. The fourth-order valence-electron chi connectivity index (χ4n) is 4.39. The van der Waals surface area contributed by atoms with Gasteiger partial charge in [-0.1, -0.05) is 55.8 Å². The summed E-state index contributed by atoms with van der Waals surface area (Å²) in [6, 6.07) is 14.9. The molecule has 0 radical (unpaired) electrons. The summed E-state index contributed by atoms with van der Waals surface area (Å²) >= 11 is 1.77. The number of carbonyl (C=O) groups is 1. The number of hydrogen-bond donors (Lipinski definition) is 1. The van der Waals surface area contributed by atoms with Crippen molar-refractivity contribution in [2.24, 2.45) is 17.6 Å². The largest absolute Gasteiger partial charge is 0.369 e. The second-order valence-corrected chi connectivity index (χ2v) is 8.64. The van der Waals surface area contributed by atoms with Gasteiger partial charge in [0.05, 0.1) is 10.7 Å². The first-order valence-electron chi connectivity index (χ1n) is 9.86. The third-order valence-electron chi connectivity index (χ3n) is 6.10. The van der Waals surface area contributed by atoms with Crippen molar-refractivity contribution in [3.8, 4) is 11.3 Å². The first-order valence-corrected chi connectivity index (χ1v) is 10.7. The van der Waals surface area contributed by atoms with Crippen molar-refractivity contribution in [2.45, 2.75) is 44.9 Å². The lowest BCUT2D eigenvalue weighted by atomic mass is 9.87. The van der Waals surface area contributed by atoms with E-state index in [0.29, 0.717) is 11.8 Å². The molecule has 4 rings (SSSR count). The zero-order chi connectivity index (χ0) is 18.8. The molecule has 3 nitrogen and oxygen atoms in total. The van der Waals surface area contributed by atoms with Gasteiger partial charge in [0.15, 0.2) is 0 Å². The lowest BCUT2D eigenvalue weighted by Crippen LogP contribution is -2.22. The molecule has 2 aromatic carbocycles. The van der Waals surface area contributed by atoms with Gasteiger partial charge in [-0.25, -0.2) is 4.98 Å². The maximum Gasteiger partial charge on any atom is 0.220 e. The van der Waals surface area contributed by atoms with Gasteiger partial charge in [0.2, 0.25) is 5.91 Å². The lowest BCUT2D eigenvalue weighted by molar-refractivity contribution is -0.122. The van der Waals surface area contributed by atoms with E-state index in [0.717, 1.165) is 37.8 Å². The number of thiazole rings is 1. The predicted octanol–water partition coefficient (Wildman–Crippen LogP) is 5.75. The van der Waals surface area contributed by atoms with Crippen molar-refractivity contribution in [1.82, 2.24) is 4.98 Å². The van der Waals surface area contributed by atoms with Crippen molar-refractivity contribution >= 4 is 28.0 Å². The van der Waals surface area contributed by atoms with Crippen LogP contribution in [0.5, 0.6) is 0 Å². The van der Waals surface area contributed by atoms with E-state index in [1.165, 1.54) is 21.3 Å². The van der Waals surface area contributed by atoms with Crippen LogP contribution in [0.25, 0.3) is 22.0 Å². The highest BCUT2D eigenvalue weighted by molar-refractivity contribution is 7.10. The second-order valence-electron chi connectivity index (χ2n) is 7.75. The highest BCUT2D eigenvalue weighted by Crippen LogP contribution is 2.39. The third kappa shape index (κ3) is 3.77. The number of nitrogens with two attached hydrogens (primary N) is 1. The van der Waals surface area contributed by atoms with E-state index in [1.807, 2.05) is 0 Å². The van der Waals surface area contributed by atoms with Crippen LogP contribution in [-0.2, 0) is 4.79 Å². The lowest BCUT2D eigenvalue weighted by Gasteiger charge is -2.20. The van der Waals surface area contributed by atoms with E-state index in [-0.39, 0.29) is 11.8 Å². The number of amides is 1. The molecule has 1 aromatic heterocycles. The minimum absolute atomic E-state index is 0.0599. The molecular weight excluding hydrogens is 352 g/mol. The van der Waals surface area contributed by atoms with Crippen molar-refractivity contribution in [3.05, 3.63) is 52.9 Å². The molecule has 1 amide bonds. The summed E-state index contributed by atoms with van der Waals surface area (Å²) < 4.78 is 0. The molecule has 0 saturated heterocycles. The van der Waals surface area contributed by atoms with Gasteiger partial charge in [0, 0.05) is 22.8 Å². The molecule has 1 heterocycles. The molecule has 2 N–H and O–H groups in total. The number of fused-ring (bicyclic) bond motifs is 1. The van der Waals surface area contributed by atoms with Gasteiger partial charge in [-0.2, -0.15) is 0 Å². The zero-order valence-electron chi connectivity index (χ0n) is 15.7. The first-order chi connectivity index (χ1) is 13.1. The predicted molar refractivity (Wildman–Crippen MR) is 113 cm³/mol. The molecule has 27 heavy (non-hydrogen) atoms. The number of hydrogen-bond acceptors (Lipinski definition) is 3.